The predicted octanol–water partition coefficient (Wildman–Crippen LogP) is 0.409. The van der Waals surface area contributed by atoms with E-state index in [0.29, 0.717) is 6.04 Å². The van der Waals surface area contributed by atoms with Crippen molar-refractivity contribution in [2.75, 3.05) is 13.2 Å². The van der Waals surface area contributed by atoms with E-state index in [-0.39, 0.29) is 18.6 Å². The lowest BCUT2D eigenvalue weighted by Gasteiger charge is -2.28. The van der Waals surface area contributed by atoms with Crippen LogP contribution in [0.4, 0.5) is 0 Å². The number of hydrogen-bond donors (Lipinski definition) is 2. The van der Waals surface area contributed by atoms with Gasteiger partial charge in [-0.05, 0) is 32.2 Å². The van der Waals surface area contributed by atoms with Gasteiger partial charge in [0.15, 0.2) is 0 Å². The molecule has 1 amide bonds. The number of nitrogens with one attached hydrogen (secondary N) is 1. The molecular formula is C10H20N2O2. The number of nitrogens with two attached hydrogens (primary N) is 1. The Morgan fingerprint density at radius 2 is 2.07 bits per heavy atom. The molecule has 0 saturated heterocycles. The number of carbonyl (C=O) groups is 1. The maximum atomic E-state index is 10.5. The Kier molecular flexibility index (Phi) is 4.90. The summed E-state index contributed by atoms with van der Waals surface area (Å²) in [5.41, 5.74) is 5.01. The van der Waals surface area contributed by atoms with Crippen LogP contribution >= 0.6 is 0 Å². The van der Waals surface area contributed by atoms with Crippen LogP contribution in [0, 0.1) is 0 Å². The Morgan fingerprint density at radius 1 is 1.43 bits per heavy atom. The van der Waals surface area contributed by atoms with E-state index in [4.69, 9.17) is 10.5 Å². The first-order valence-electron chi connectivity index (χ1n) is 5.35. The Balaban J connectivity index is 2.12. The molecule has 4 nitrogen and oxygen atoms in total. The van der Waals surface area contributed by atoms with Crippen LogP contribution < -0.4 is 11.1 Å². The zero-order chi connectivity index (χ0) is 10.4. The van der Waals surface area contributed by atoms with Gasteiger partial charge in [-0.1, -0.05) is 6.92 Å². The summed E-state index contributed by atoms with van der Waals surface area (Å²) >= 11 is 0. The van der Waals surface area contributed by atoms with Crippen LogP contribution in [-0.4, -0.2) is 31.2 Å². The number of primary amides is 1. The van der Waals surface area contributed by atoms with Crippen molar-refractivity contribution >= 4 is 5.91 Å². The highest BCUT2D eigenvalue weighted by atomic mass is 16.5. The average Bonchev–Trinajstić information content (AvgIpc) is 2.17. The van der Waals surface area contributed by atoms with E-state index in [9.17, 15) is 4.79 Å². The SMILES string of the molecule is CCNC1CCC(OCC(N)=O)CC1. The largest absolute Gasteiger partial charge is 0.368 e. The minimum atomic E-state index is -0.376. The van der Waals surface area contributed by atoms with E-state index in [2.05, 4.69) is 12.2 Å². The normalized spacial score (nSPS) is 27.5. The van der Waals surface area contributed by atoms with Crippen LogP contribution in [0.2, 0.25) is 0 Å². The summed E-state index contributed by atoms with van der Waals surface area (Å²) in [6.45, 7) is 3.21. The summed E-state index contributed by atoms with van der Waals surface area (Å²) in [5, 5.41) is 3.42. The van der Waals surface area contributed by atoms with Crippen molar-refractivity contribution in [2.45, 2.75) is 44.8 Å². The second-order valence-electron chi connectivity index (χ2n) is 3.81. The summed E-state index contributed by atoms with van der Waals surface area (Å²) in [4.78, 5) is 10.5. The molecule has 0 unspecified atom stereocenters. The molecule has 82 valence electrons. The van der Waals surface area contributed by atoms with Gasteiger partial charge in [0.05, 0.1) is 6.10 Å². The Bertz CT molecular complexity index is 177. The summed E-state index contributed by atoms with van der Waals surface area (Å²) in [6.07, 6.45) is 4.57. The molecule has 1 rings (SSSR count). The molecule has 0 aromatic heterocycles. The van der Waals surface area contributed by atoms with E-state index in [1.807, 2.05) is 0 Å². The second-order valence-corrected chi connectivity index (χ2v) is 3.81. The van der Waals surface area contributed by atoms with Gasteiger partial charge in [0.25, 0.3) is 0 Å². The van der Waals surface area contributed by atoms with Crippen molar-refractivity contribution in [2.24, 2.45) is 5.73 Å². The number of amides is 1. The van der Waals surface area contributed by atoms with Crippen LogP contribution in [0.25, 0.3) is 0 Å². The molecule has 14 heavy (non-hydrogen) atoms. The van der Waals surface area contributed by atoms with Crippen LogP contribution in [-0.2, 0) is 9.53 Å². The molecule has 0 bridgehead atoms. The van der Waals surface area contributed by atoms with Crippen LogP contribution in [0.5, 0.6) is 0 Å². The molecule has 0 atom stereocenters. The van der Waals surface area contributed by atoms with Crippen molar-refractivity contribution in [3.05, 3.63) is 0 Å². The third kappa shape index (κ3) is 4.07. The van der Waals surface area contributed by atoms with Gasteiger partial charge in [-0.15, -0.1) is 0 Å². The summed E-state index contributed by atoms with van der Waals surface area (Å²) in [7, 11) is 0. The fourth-order valence-corrected chi connectivity index (χ4v) is 1.92. The fraction of sp³-hybridized carbons (Fsp3) is 0.900. The van der Waals surface area contributed by atoms with E-state index in [1.165, 1.54) is 0 Å². The maximum absolute atomic E-state index is 10.5. The summed E-state index contributed by atoms with van der Waals surface area (Å²) in [5.74, 6) is -0.376. The number of ether oxygens (including phenoxy) is 1. The maximum Gasteiger partial charge on any atom is 0.243 e. The quantitative estimate of drug-likeness (QED) is 0.675. The Morgan fingerprint density at radius 3 is 2.57 bits per heavy atom. The number of hydrogen-bond acceptors (Lipinski definition) is 3. The first-order chi connectivity index (χ1) is 6.72. The van der Waals surface area contributed by atoms with Crippen molar-refractivity contribution in [3.63, 3.8) is 0 Å². The summed E-state index contributed by atoms with van der Waals surface area (Å²) < 4.78 is 5.37. The molecule has 0 spiro atoms. The van der Waals surface area contributed by atoms with Crippen molar-refractivity contribution in [1.29, 1.82) is 0 Å². The number of carbonyl (C=O) groups excluding carboxylic acids is 1. The Hall–Kier alpha value is -0.610. The van der Waals surface area contributed by atoms with Gasteiger partial charge in [0, 0.05) is 6.04 Å². The van der Waals surface area contributed by atoms with Crippen LogP contribution in [0.3, 0.4) is 0 Å². The van der Waals surface area contributed by atoms with Gasteiger partial charge < -0.3 is 15.8 Å². The van der Waals surface area contributed by atoms with E-state index < -0.39 is 0 Å². The molecule has 0 aromatic rings. The molecule has 1 fully saturated rings. The molecule has 0 heterocycles. The standard InChI is InChI=1S/C10H20N2O2/c1-2-12-8-3-5-9(6-4-8)14-7-10(11)13/h8-9,12H,2-7H2,1H3,(H2,11,13). The third-order valence-corrected chi connectivity index (χ3v) is 2.63. The minimum absolute atomic E-state index is 0.0660. The second kappa shape index (κ2) is 5.98. The van der Waals surface area contributed by atoms with Crippen molar-refractivity contribution in [3.8, 4) is 0 Å². The van der Waals surface area contributed by atoms with E-state index in [0.717, 1.165) is 32.2 Å². The highest BCUT2D eigenvalue weighted by Gasteiger charge is 2.20. The molecule has 4 heteroatoms. The molecule has 0 radical (unpaired) electrons. The predicted molar refractivity (Wildman–Crippen MR) is 54.9 cm³/mol. The smallest absolute Gasteiger partial charge is 0.243 e. The molecular weight excluding hydrogens is 180 g/mol. The van der Waals surface area contributed by atoms with E-state index in [1.54, 1.807) is 0 Å². The van der Waals surface area contributed by atoms with Gasteiger partial charge >= 0.3 is 0 Å². The first kappa shape index (κ1) is 11.5. The van der Waals surface area contributed by atoms with Gasteiger partial charge in [-0.3, -0.25) is 4.79 Å². The molecule has 1 aliphatic carbocycles. The van der Waals surface area contributed by atoms with Crippen molar-refractivity contribution < 1.29 is 9.53 Å². The van der Waals surface area contributed by atoms with E-state index >= 15 is 0 Å². The van der Waals surface area contributed by atoms with Crippen LogP contribution in [0.15, 0.2) is 0 Å². The highest BCUT2D eigenvalue weighted by molar-refractivity contribution is 5.74. The third-order valence-electron chi connectivity index (χ3n) is 2.63. The lowest BCUT2D eigenvalue weighted by molar-refractivity contribution is -0.125. The minimum Gasteiger partial charge on any atom is -0.368 e. The zero-order valence-corrected chi connectivity index (χ0v) is 8.79. The van der Waals surface area contributed by atoms with Crippen LogP contribution in [0.1, 0.15) is 32.6 Å². The van der Waals surface area contributed by atoms with Crippen molar-refractivity contribution in [1.82, 2.24) is 5.32 Å². The molecule has 3 N–H and O–H groups in total. The Labute approximate surface area is 85.2 Å². The zero-order valence-electron chi connectivity index (χ0n) is 8.79. The monoisotopic (exact) mass is 200 g/mol. The van der Waals surface area contributed by atoms with Gasteiger partial charge in [-0.25, -0.2) is 0 Å². The lowest BCUT2D eigenvalue weighted by Crippen LogP contribution is -2.36. The molecule has 1 aliphatic rings. The number of rotatable bonds is 5. The van der Waals surface area contributed by atoms with Gasteiger partial charge in [-0.2, -0.15) is 0 Å². The van der Waals surface area contributed by atoms with Gasteiger partial charge in [0.1, 0.15) is 6.61 Å². The average molecular weight is 200 g/mol. The highest BCUT2D eigenvalue weighted by Crippen LogP contribution is 2.20. The topological polar surface area (TPSA) is 64.3 Å². The summed E-state index contributed by atoms with van der Waals surface area (Å²) in [6, 6.07) is 0.633. The van der Waals surface area contributed by atoms with Gasteiger partial charge in [0.2, 0.25) is 5.91 Å². The molecule has 0 aromatic carbocycles. The lowest BCUT2D eigenvalue weighted by atomic mass is 9.93. The first-order valence-corrected chi connectivity index (χ1v) is 5.35. The fourth-order valence-electron chi connectivity index (χ4n) is 1.92. The molecule has 1 saturated carbocycles. The molecule has 0 aliphatic heterocycles.